The number of ether oxygens (including phenoxy) is 1. The Morgan fingerprint density at radius 2 is 1.88 bits per heavy atom. The summed E-state index contributed by atoms with van der Waals surface area (Å²) >= 11 is 1.61. The molecule has 1 amide bonds. The molecule has 2 fully saturated rings. The maximum Gasteiger partial charge on any atom is 0.408 e. The van der Waals surface area contributed by atoms with Crippen LogP contribution in [-0.2, 0) is 4.74 Å². The van der Waals surface area contributed by atoms with Crippen LogP contribution in [0.4, 0.5) is 4.79 Å². The van der Waals surface area contributed by atoms with E-state index in [2.05, 4.69) is 22.8 Å². The number of aromatic nitrogens is 1. The Bertz CT molecular complexity index is 967. The molecule has 2 heterocycles. The summed E-state index contributed by atoms with van der Waals surface area (Å²) in [4.78, 5) is 32.2. The highest BCUT2D eigenvalue weighted by Gasteiger charge is 2.37. The SMILES string of the molecule is Cc1ccc(-c2sc(C3CC3)nc2C(=O)C(NC(=O)OC(C)(C)C)C2CCCCN2)cc1. The predicted molar refractivity (Wildman–Crippen MR) is 127 cm³/mol. The molecule has 7 heteroatoms. The molecule has 6 nitrogen and oxygen atoms in total. The van der Waals surface area contributed by atoms with E-state index >= 15 is 0 Å². The summed E-state index contributed by atoms with van der Waals surface area (Å²) in [5.41, 5.74) is 2.00. The number of amides is 1. The van der Waals surface area contributed by atoms with Crippen molar-refractivity contribution in [2.75, 3.05) is 6.54 Å². The summed E-state index contributed by atoms with van der Waals surface area (Å²) in [6.07, 6.45) is 4.59. The molecular weight excluding hydrogens is 422 g/mol. The first-order valence-corrected chi connectivity index (χ1v) is 12.4. The molecule has 2 N–H and O–H groups in total. The average molecular weight is 456 g/mol. The fraction of sp³-hybridized carbons (Fsp3) is 0.560. The van der Waals surface area contributed by atoms with Crippen molar-refractivity contribution >= 4 is 23.2 Å². The quantitative estimate of drug-likeness (QED) is 0.584. The van der Waals surface area contributed by atoms with Crippen molar-refractivity contribution in [2.24, 2.45) is 0 Å². The van der Waals surface area contributed by atoms with E-state index in [0.717, 1.165) is 54.1 Å². The van der Waals surface area contributed by atoms with Crippen molar-refractivity contribution in [1.82, 2.24) is 15.6 Å². The van der Waals surface area contributed by atoms with Crippen LogP contribution in [0.25, 0.3) is 10.4 Å². The normalized spacial score (nSPS) is 19.9. The fourth-order valence-corrected chi connectivity index (χ4v) is 5.25. The van der Waals surface area contributed by atoms with Gasteiger partial charge in [0.05, 0.1) is 9.88 Å². The lowest BCUT2D eigenvalue weighted by Gasteiger charge is -2.31. The van der Waals surface area contributed by atoms with E-state index in [1.165, 1.54) is 5.56 Å². The zero-order valence-corrected chi connectivity index (χ0v) is 20.2. The van der Waals surface area contributed by atoms with Gasteiger partial charge in [-0.15, -0.1) is 11.3 Å². The Morgan fingerprint density at radius 3 is 2.47 bits per heavy atom. The van der Waals surface area contributed by atoms with Crippen molar-refractivity contribution in [2.45, 2.75) is 83.4 Å². The molecule has 0 radical (unpaired) electrons. The number of aryl methyl sites for hydroxylation is 1. The van der Waals surface area contributed by atoms with Gasteiger partial charge in [0.2, 0.25) is 5.78 Å². The minimum Gasteiger partial charge on any atom is -0.444 e. The first-order chi connectivity index (χ1) is 15.2. The van der Waals surface area contributed by atoms with E-state index in [1.54, 1.807) is 11.3 Å². The van der Waals surface area contributed by atoms with Crippen LogP contribution in [0.1, 0.15) is 79.9 Å². The van der Waals surface area contributed by atoms with Crippen molar-refractivity contribution in [1.29, 1.82) is 0 Å². The molecule has 1 aromatic carbocycles. The maximum atomic E-state index is 13.9. The predicted octanol–water partition coefficient (Wildman–Crippen LogP) is 5.21. The van der Waals surface area contributed by atoms with Crippen molar-refractivity contribution < 1.29 is 14.3 Å². The third-order valence-corrected chi connectivity index (χ3v) is 7.09. The Labute approximate surface area is 194 Å². The van der Waals surface area contributed by atoms with Gasteiger partial charge in [0.1, 0.15) is 17.3 Å². The second kappa shape index (κ2) is 9.32. The van der Waals surface area contributed by atoms with Crippen LogP contribution in [0, 0.1) is 6.92 Å². The standard InChI is InChI=1S/C25H33N3O3S/c1-15-8-10-16(11-9-15)22-20(27-23(32-22)17-12-13-17)21(29)19(18-7-5-6-14-26-18)28-24(30)31-25(2,3)4/h8-11,17-19,26H,5-7,12-14H2,1-4H3,(H,28,30). The molecule has 1 aliphatic carbocycles. The number of benzene rings is 1. The number of ketones is 1. The second-order valence-electron chi connectivity index (χ2n) is 9.91. The summed E-state index contributed by atoms with van der Waals surface area (Å²) in [5.74, 6) is 0.310. The van der Waals surface area contributed by atoms with E-state index in [4.69, 9.17) is 9.72 Å². The number of piperidine rings is 1. The van der Waals surface area contributed by atoms with Crippen molar-refractivity contribution in [3.8, 4) is 10.4 Å². The van der Waals surface area contributed by atoms with Gasteiger partial charge in [-0.25, -0.2) is 9.78 Å². The van der Waals surface area contributed by atoms with Crippen LogP contribution >= 0.6 is 11.3 Å². The minimum absolute atomic E-state index is 0.138. The molecule has 1 aliphatic heterocycles. The van der Waals surface area contributed by atoms with Gasteiger partial charge in [0.15, 0.2) is 0 Å². The number of nitrogens with one attached hydrogen (secondary N) is 2. The molecule has 4 rings (SSSR count). The van der Waals surface area contributed by atoms with Gasteiger partial charge in [-0.05, 0) is 65.5 Å². The lowest BCUT2D eigenvalue weighted by Crippen LogP contribution is -2.56. The first-order valence-electron chi connectivity index (χ1n) is 11.6. The number of hydrogen-bond acceptors (Lipinski definition) is 6. The van der Waals surface area contributed by atoms with Crippen LogP contribution < -0.4 is 10.6 Å². The molecule has 32 heavy (non-hydrogen) atoms. The third-order valence-electron chi connectivity index (χ3n) is 5.82. The zero-order chi connectivity index (χ0) is 22.9. The maximum absolute atomic E-state index is 13.9. The van der Waals surface area contributed by atoms with Crippen LogP contribution in [0.2, 0.25) is 0 Å². The first kappa shape index (κ1) is 22.9. The van der Waals surface area contributed by atoms with E-state index in [1.807, 2.05) is 39.8 Å². The molecule has 2 unspecified atom stereocenters. The number of rotatable bonds is 6. The van der Waals surface area contributed by atoms with E-state index in [-0.39, 0.29) is 11.8 Å². The summed E-state index contributed by atoms with van der Waals surface area (Å²) in [6.45, 7) is 8.34. The topological polar surface area (TPSA) is 80.3 Å². The Morgan fingerprint density at radius 1 is 1.16 bits per heavy atom. The Balaban J connectivity index is 1.67. The zero-order valence-electron chi connectivity index (χ0n) is 19.4. The van der Waals surface area contributed by atoms with E-state index in [0.29, 0.717) is 11.6 Å². The van der Waals surface area contributed by atoms with Crippen LogP contribution in [0.3, 0.4) is 0 Å². The number of carbonyl (C=O) groups excluding carboxylic acids is 2. The van der Waals surface area contributed by atoms with E-state index < -0.39 is 17.7 Å². The molecular formula is C25H33N3O3S. The molecule has 1 saturated carbocycles. The highest BCUT2D eigenvalue weighted by atomic mass is 32.1. The monoisotopic (exact) mass is 455 g/mol. The second-order valence-corrected chi connectivity index (χ2v) is 10.9. The fourth-order valence-electron chi connectivity index (χ4n) is 4.00. The smallest absolute Gasteiger partial charge is 0.408 e. The molecule has 172 valence electrons. The van der Waals surface area contributed by atoms with Gasteiger partial charge in [-0.1, -0.05) is 36.2 Å². The van der Waals surface area contributed by atoms with Gasteiger partial charge in [-0.3, -0.25) is 4.79 Å². The van der Waals surface area contributed by atoms with Crippen LogP contribution in [0.15, 0.2) is 24.3 Å². The van der Waals surface area contributed by atoms with Gasteiger partial charge in [0, 0.05) is 12.0 Å². The minimum atomic E-state index is -0.719. The molecule has 1 aromatic heterocycles. The summed E-state index contributed by atoms with van der Waals surface area (Å²) in [5, 5.41) is 7.33. The lowest BCUT2D eigenvalue weighted by atomic mass is 9.93. The molecule has 2 aliphatic rings. The number of hydrogen-bond donors (Lipinski definition) is 2. The van der Waals surface area contributed by atoms with Crippen molar-refractivity contribution in [3.05, 3.63) is 40.5 Å². The summed E-state index contributed by atoms with van der Waals surface area (Å²) in [6, 6.07) is 7.35. The largest absolute Gasteiger partial charge is 0.444 e. The average Bonchev–Trinajstić information content (AvgIpc) is 3.50. The molecule has 0 bridgehead atoms. The number of alkyl carbamates (subject to hydrolysis) is 1. The summed E-state index contributed by atoms with van der Waals surface area (Å²) < 4.78 is 5.48. The number of carbonyl (C=O) groups is 2. The van der Waals surface area contributed by atoms with Gasteiger partial charge in [-0.2, -0.15) is 0 Å². The lowest BCUT2D eigenvalue weighted by molar-refractivity contribution is 0.0473. The summed E-state index contributed by atoms with van der Waals surface area (Å²) in [7, 11) is 0. The molecule has 0 spiro atoms. The highest BCUT2D eigenvalue weighted by Crippen LogP contribution is 2.45. The molecule has 2 atom stereocenters. The van der Waals surface area contributed by atoms with Crippen LogP contribution in [0.5, 0.6) is 0 Å². The molecule has 2 aromatic rings. The Kier molecular flexibility index (Phi) is 6.67. The number of nitrogens with zero attached hydrogens (tertiary/aromatic N) is 1. The highest BCUT2D eigenvalue weighted by molar-refractivity contribution is 7.15. The van der Waals surface area contributed by atoms with Crippen molar-refractivity contribution in [3.63, 3.8) is 0 Å². The van der Waals surface area contributed by atoms with Gasteiger partial charge < -0.3 is 15.4 Å². The molecule has 1 saturated heterocycles. The van der Waals surface area contributed by atoms with Crippen LogP contribution in [-0.4, -0.2) is 41.1 Å². The van der Waals surface area contributed by atoms with Gasteiger partial charge in [0.25, 0.3) is 0 Å². The van der Waals surface area contributed by atoms with Gasteiger partial charge >= 0.3 is 6.09 Å². The number of Topliss-reactive ketones (excluding diaryl/α,β-unsaturated/α-hetero) is 1. The third kappa shape index (κ3) is 5.56. The number of thiazole rings is 1. The Hall–Kier alpha value is -2.25. The van der Waals surface area contributed by atoms with E-state index in [9.17, 15) is 9.59 Å².